The number of furan rings is 1. The largest absolute Gasteiger partial charge is 0.461 e. The van der Waals surface area contributed by atoms with Gasteiger partial charge in [-0.25, -0.2) is 9.98 Å². The second-order valence-corrected chi connectivity index (χ2v) is 6.63. The maximum absolute atomic E-state index is 6.11. The van der Waals surface area contributed by atoms with Crippen molar-refractivity contribution in [2.24, 2.45) is 4.99 Å². The molecule has 28 heavy (non-hydrogen) atoms. The highest BCUT2D eigenvalue weighted by Crippen LogP contribution is 2.25. The predicted molar refractivity (Wildman–Crippen MR) is 122 cm³/mol. The highest BCUT2D eigenvalue weighted by Gasteiger charge is 2.11. The Bertz CT molecular complexity index is 913. The number of hydrogen-bond donors (Lipinski definition) is 3. The van der Waals surface area contributed by atoms with Gasteiger partial charge in [0.1, 0.15) is 12.4 Å². The molecule has 150 valence electrons. The maximum Gasteiger partial charge on any atom is 0.216 e. The third kappa shape index (κ3) is 5.86. The molecule has 10 heteroatoms. The molecule has 0 fully saturated rings. The molecule has 0 aliphatic carbocycles. The number of aromatic nitrogens is 3. The van der Waals surface area contributed by atoms with Gasteiger partial charge in [0.25, 0.3) is 0 Å². The molecule has 1 unspecified atom stereocenters. The van der Waals surface area contributed by atoms with Crippen LogP contribution in [0.2, 0.25) is 10.0 Å². The van der Waals surface area contributed by atoms with E-state index in [1.165, 1.54) is 0 Å². The van der Waals surface area contributed by atoms with E-state index in [2.05, 4.69) is 30.8 Å². The molecule has 0 saturated heterocycles. The topological polar surface area (TPSA) is 91.1 Å². The molecule has 0 bridgehead atoms. The molecular formula is C18H21Cl2IN6O. The summed E-state index contributed by atoms with van der Waals surface area (Å²) in [6.07, 6.45) is 1.58. The average molecular weight is 535 g/mol. The zero-order valence-corrected chi connectivity index (χ0v) is 19.2. The summed E-state index contributed by atoms with van der Waals surface area (Å²) in [5, 5.41) is 14.6. The number of rotatable bonds is 6. The van der Waals surface area contributed by atoms with Gasteiger partial charge in [0, 0.05) is 6.54 Å². The van der Waals surface area contributed by atoms with Gasteiger partial charge in [-0.05, 0) is 43.7 Å². The van der Waals surface area contributed by atoms with E-state index in [0.29, 0.717) is 40.0 Å². The molecule has 7 nitrogen and oxygen atoms in total. The summed E-state index contributed by atoms with van der Waals surface area (Å²) in [7, 11) is 0. The highest BCUT2D eigenvalue weighted by atomic mass is 127. The smallest absolute Gasteiger partial charge is 0.216 e. The Morgan fingerprint density at radius 2 is 2.11 bits per heavy atom. The summed E-state index contributed by atoms with van der Waals surface area (Å²) in [5.74, 6) is 2.42. The standard InChI is InChI=1S/C18H20Cl2N6O.HI/c1-3-21-18(23-11(2)12-6-7-13(19)14(20)9-12)22-10-16-24-17(26-25-16)15-5-4-8-27-15;/h4-9,11H,3,10H2,1-2H3,(H2,21,22,23)(H,24,25,26);1H. The van der Waals surface area contributed by atoms with E-state index >= 15 is 0 Å². The van der Waals surface area contributed by atoms with Gasteiger partial charge in [0.2, 0.25) is 5.82 Å². The van der Waals surface area contributed by atoms with Gasteiger partial charge in [-0.3, -0.25) is 5.10 Å². The number of nitrogens with zero attached hydrogens (tertiary/aromatic N) is 3. The maximum atomic E-state index is 6.11. The first-order valence-electron chi connectivity index (χ1n) is 8.51. The molecular weight excluding hydrogens is 514 g/mol. The lowest BCUT2D eigenvalue weighted by Crippen LogP contribution is -2.38. The van der Waals surface area contributed by atoms with Crippen molar-refractivity contribution in [1.29, 1.82) is 0 Å². The second kappa shape index (κ2) is 10.7. The number of aliphatic imine (C=N–C) groups is 1. The van der Waals surface area contributed by atoms with E-state index in [0.717, 1.165) is 12.1 Å². The minimum Gasteiger partial charge on any atom is -0.461 e. The van der Waals surface area contributed by atoms with Crippen molar-refractivity contribution in [3.8, 4) is 11.6 Å². The fourth-order valence-corrected chi connectivity index (χ4v) is 2.73. The molecule has 0 aliphatic rings. The fourth-order valence-electron chi connectivity index (χ4n) is 2.43. The molecule has 0 saturated carbocycles. The first-order chi connectivity index (χ1) is 13.1. The van der Waals surface area contributed by atoms with Gasteiger partial charge < -0.3 is 15.1 Å². The summed E-state index contributed by atoms with van der Waals surface area (Å²) < 4.78 is 5.29. The van der Waals surface area contributed by atoms with E-state index in [9.17, 15) is 0 Å². The molecule has 0 aliphatic heterocycles. The number of nitrogens with one attached hydrogen (secondary N) is 3. The molecule has 3 N–H and O–H groups in total. The Morgan fingerprint density at radius 1 is 1.29 bits per heavy atom. The summed E-state index contributed by atoms with van der Waals surface area (Å²) in [6, 6.07) is 9.15. The van der Waals surface area contributed by atoms with Crippen LogP contribution in [-0.2, 0) is 6.54 Å². The van der Waals surface area contributed by atoms with Crippen LogP contribution in [-0.4, -0.2) is 27.7 Å². The van der Waals surface area contributed by atoms with Crippen LogP contribution in [0, 0.1) is 0 Å². The molecule has 1 aromatic carbocycles. The van der Waals surface area contributed by atoms with Crippen molar-refractivity contribution in [3.63, 3.8) is 0 Å². The minimum atomic E-state index is -0.00836. The molecule has 2 aromatic heterocycles. The van der Waals surface area contributed by atoms with Crippen molar-refractivity contribution in [3.05, 3.63) is 58.0 Å². The molecule has 0 spiro atoms. The lowest BCUT2D eigenvalue weighted by atomic mass is 10.1. The Balaban J connectivity index is 0.00000280. The van der Waals surface area contributed by atoms with Gasteiger partial charge in [0.05, 0.1) is 22.4 Å². The number of H-pyrrole nitrogens is 1. The van der Waals surface area contributed by atoms with Crippen molar-refractivity contribution < 1.29 is 4.42 Å². The van der Waals surface area contributed by atoms with Crippen LogP contribution in [0.1, 0.15) is 31.3 Å². The van der Waals surface area contributed by atoms with Crippen LogP contribution in [0.25, 0.3) is 11.6 Å². The Morgan fingerprint density at radius 3 is 2.79 bits per heavy atom. The van der Waals surface area contributed by atoms with Crippen molar-refractivity contribution in [1.82, 2.24) is 25.8 Å². The van der Waals surface area contributed by atoms with E-state index in [-0.39, 0.29) is 30.0 Å². The Kier molecular flexibility index (Phi) is 8.58. The molecule has 2 heterocycles. The molecule has 0 radical (unpaired) electrons. The summed E-state index contributed by atoms with van der Waals surface area (Å²) in [5.41, 5.74) is 1.01. The van der Waals surface area contributed by atoms with Gasteiger partial charge in [0.15, 0.2) is 11.7 Å². The van der Waals surface area contributed by atoms with Crippen LogP contribution in [0.4, 0.5) is 0 Å². The Hall–Kier alpha value is -1.78. The first kappa shape index (κ1) is 22.5. The van der Waals surface area contributed by atoms with Gasteiger partial charge in [-0.15, -0.1) is 29.1 Å². The quantitative estimate of drug-likeness (QED) is 0.240. The van der Waals surface area contributed by atoms with Gasteiger partial charge >= 0.3 is 0 Å². The van der Waals surface area contributed by atoms with E-state index in [4.69, 9.17) is 27.6 Å². The molecule has 0 amide bonds. The normalized spacial score (nSPS) is 12.4. The van der Waals surface area contributed by atoms with Crippen molar-refractivity contribution in [2.45, 2.75) is 26.4 Å². The highest BCUT2D eigenvalue weighted by molar-refractivity contribution is 14.0. The average Bonchev–Trinajstić information content (AvgIpc) is 3.33. The fraction of sp³-hybridized carbons (Fsp3) is 0.278. The monoisotopic (exact) mass is 534 g/mol. The van der Waals surface area contributed by atoms with Crippen LogP contribution in [0.3, 0.4) is 0 Å². The number of aromatic amines is 1. The first-order valence-corrected chi connectivity index (χ1v) is 9.27. The molecule has 3 aromatic rings. The lowest BCUT2D eigenvalue weighted by molar-refractivity contribution is 0.577. The lowest BCUT2D eigenvalue weighted by Gasteiger charge is -2.18. The summed E-state index contributed by atoms with van der Waals surface area (Å²) >= 11 is 12.1. The van der Waals surface area contributed by atoms with Crippen LogP contribution in [0.5, 0.6) is 0 Å². The number of guanidine groups is 1. The summed E-state index contributed by atoms with van der Waals surface area (Å²) in [4.78, 5) is 8.94. The summed E-state index contributed by atoms with van der Waals surface area (Å²) in [6.45, 7) is 5.10. The van der Waals surface area contributed by atoms with E-state index in [1.807, 2.05) is 26.0 Å². The third-order valence-corrected chi connectivity index (χ3v) is 4.54. The Labute approximate surface area is 190 Å². The number of halogens is 3. The van der Waals surface area contributed by atoms with Crippen molar-refractivity contribution in [2.75, 3.05) is 6.54 Å². The second-order valence-electron chi connectivity index (χ2n) is 5.82. The number of hydrogen-bond acceptors (Lipinski definition) is 4. The molecule has 3 rings (SSSR count). The zero-order chi connectivity index (χ0) is 19.2. The van der Waals surface area contributed by atoms with Crippen LogP contribution >= 0.6 is 47.2 Å². The zero-order valence-electron chi connectivity index (χ0n) is 15.4. The van der Waals surface area contributed by atoms with Gasteiger partial charge in [-0.1, -0.05) is 29.3 Å². The minimum absolute atomic E-state index is 0. The van der Waals surface area contributed by atoms with Gasteiger partial charge in [-0.2, -0.15) is 0 Å². The third-order valence-electron chi connectivity index (χ3n) is 3.80. The van der Waals surface area contributed by atoms with Crippen LogP contribution in [0.15, 0.2) is 46.0 Å². The molecule has 1 atom stereocenters. The van der Waals surface area contributed by atoms with Crippen LogP contribution < -0.4 is 10.6 Å². The van der Waals surface area contributed by atoms with Crippen molar-refractivity contribution >= 4 is 53.1 Å². The number of benzene rings is 1. The van der Waals surface area contributed by atoms with E-state index < -0.39 is 0 Å². The SMILES string of the molecule is CCNC(=NCc1nc(-c2ccco2)n[nH]1)NC(C)c1ccc(Cl)c(Cl)c1.I. The predicted octanol–water partition coefficient (Wildman–Crippen LogP) is 4.81. The van der Waals surface area contributed by atoms with E-state index in [1.54, 1.807) is 24.5 Å².